The van der Waals surface area contributed by atoms with Gasteiger partial charge in [-0.05, 0) is 11.5 Å². The molecule has 21 heavy (non-hydrogen) atoms. The number of carbonyl (C=O) groups is 2. The predicted octanol–water partition coefficient (Wildman–Crippen LogP) is 2.41. The molecule has 0 unspecified atom stereocenters. The lowest BCUT2D eigenvalue weighted by Crippen LogP contribution is -2.49. The first kappa shape index (κ1) is 15.1. The van der Waals surface area contributed by atoms with Crippen molar-refractivity contribution in [2.75, 3.05) is 0 Å². The lowest BCUT2D eigenvalue weighted by molar-refractivity contribution is -0.142. The van der Waals surface area contributed by atoms with E-state index in [1.165, 1.54) is 0 Å². The van der Waals surface area contributed by atoms with Gasteiger partial charge in [0, 0.05) is 24.1 Å². The van der Waals surface area contributed by atoms with Gasteiger partial charge in [0.15, 0.2) is 0 Å². The lowest BCUT2D eigenvalue weighted by Gasteiger charge is -2.27. The van der Waals surface area contributed by atoms with Gasteiger partial charge in [0.1, 0.15) is 6.04 Å². The van der Waals surface area contributed by atoms with Crippen molar-refractivity contribution in [1.82, 2.24) is 9.88 Å². The zero-order valence-electron chi connectivity index (χ0n) is 12.7. The van der Waals surface area contributed by atoms with E-state index in [9.17, 15) is 14.7 Å². The molecule has 0 saturated heterocycles. The molecule has 0 saturated carbocycles. The summed E-state index contributed by atoms with van der Waals surface area (Å²) >= 11 is 0. The fraction of sp³-hybridized carbons (Fsp3) is 0.375. The summed E-state index contributed by atoms with van der Waals surface area (Å²) in [5.74, 6) is -1.40. The molecule has 2 N–H and O–H groups in total. The minimum absolute atomic E-state index is 0.367. The summed E-state index contributed by atoms with van der Waals surface area (Å²) in [5, 5.41) is 12.7. The molecule has 1 aromatic heterocycles. The minimum Gasteiger partial charge on any atom is -0.480 e. The van der Waals surface area contributed by atoms with Gasteiger partial charge in [-0.15, -0.1) is 0 Å². The van der Waals surface area contributed by atoms with E-state index in [2.05, 4.69) is 5.32 Å². The number of carbonyl (C=O) groups excluding carboxylic acids is 1. The maximum absolute atomic E-state index is 12.4. The molecule has 112 valence electrons. The SMILES string of the molecule is Cn1cc(C(=O)N[C@H](C(=O)O)C(C)(C)C)c2ccccc21. The monoisotopic (exact) mass is 288 g/mol. The van der Waals surface area contributed by atoms with Crippen LogP contribution in [-0.2, 0) is 11.8 Å². The average molecular weight is 288 g/mol. The van der Waals surface area contributed by atoms with Crippen LogP contribution in [0.4, 0.5) is 0 Å². The number of benzene rings is 1. The predicted molar refractivity (Wildman–Crippen MR) is 81.3 cm³/mol. The van der Waals surface area contributed by atoms with Crippen LogP contribution in [-0.4, -0.2) is 27.6 Å². The van der Waals surface area contributed by atoms with Crippen LogP contribution in [0.15, 0.2) is 30.5 Å². The number of carboxylic acid groups (broad SMARTS) is 1. The van der Waals surface area contributed by atoms with Crippen molar-refractivity contribution in [3.63, 3.8) is 0 Å². The molecule has 0 fully saturated rings. The number of nitrogens with zero attached hydrogens (tertiary/aromatic N) is 1. The molecule has 0 aliphatic rings. The Bertz CT molecular complexity index is 695. The Balaban J connectivity index is 2.37. The Morgan fingerprint density at radius 1 is 1.24 bits per heavy atom. The van der Waals surface area contributed by atoms with Gasteiger partial charge in [0.05, 0.1) is 5.56 Å². The van der Waals surface area contributed by atoms with Crippen LogP contribution in [0, 0.1) is 5.41 Å². The van der Waals surface area contributed by atoms with Gasteiger partial charge >= 0.3 is 5.97 Å². The van der Waals surface area contributed by atoms with E-state index in [1.54, 1.807) is 27.0 Å². The Hall–Kier alpha value is -2.30. The van der Waals surface area contributed by atoms with Gasteiger partial charge in [-0.1, -0.05) is 39.0 Å². The van der Waals surface area contributed by atoms with Crippen molar-refractivity contribution in [3.05, 3.63) is 36.0 Å². The number of carboxylic acids is 1. The fourth-order valence-corrected chi connectivity index (χ4v) is 2.38. The van der Waals surface area contributed by atoms with Crippen molar-refractivity contribution >= 4 is 22.8 Å². The van der Waals surface area contributed by atoms with Gasteiger partial charge < -0.3 is 15.0 Å². The molecule has 0 radical (unpaired) electrons. The van der Waals surface area contributed by atoms with Crippen molar-refractivity contribution in [1.29, 1.82) is 0 Å². The maximum atomic E-state index is 12.4. The van der Waals surface area contributed by atoms with Crippen molar-refractivity contribution in [2.24, 2.45) is 12.5 Å². The average Bonchev–Trinajstić information content (AvgIpc) is 2.72. The molecule has 1 atom stereocenters. The number of rotatable bonds is 3. The maximum Gasteiger partial charge on any atom is 0.326 e. The normalized spacial score (nSPS) is 13.1. The second kappa shape index (κ2) is 5.24. The molecule has 1 amide bonds. The first-order chi connectivity index (χ1) is 9.71. The molecule has 2 aromatic rings. The summed E-state index contributed by atoms with van der Waals surface area (Å²) in [4.78, 5) is 23.8. The number of amides is 1. The van der Waals surface area contributed by atoms with Crippen LogP contribution in [0.3, 0.4) is 0 Å². The number of hydrogen-bond donors (Lipinski definition) is 2. The Morgan fingerprint density at radius 3 is 2.43 bits per heavy atom. The number of aryl methyl sites for hydroxylation is 1. The van der Waals surface area contributed by atoms with Gasteiger partial charge in [-0.25, -0.2) is 4.79 Å². The molecule has 0 aliphatic heterocycles. The molecule has 1 heterocycles. The summed E-state index contributed by atoms with van der Waals surface area (Å²) in [6, 6.07) is 6.60. The molecule has 1 aromatic carbocycles. The summed E-state index contributed by atoms with van der Waals surface area (Å²) in [6.07, 6.45) is 1.72. The van der Waals surface area contributed by atoms with Crippen molar-refractivity contribution < 1.29 is 14.7 Å². The largest absolute Gasteiger partial charge is 0.480 e. The summed E-state index contributed by atoms with van der Waals surface area (Å²) in [5.41, 5.74) is 0.861. The smallest absolute Gasteiger partial charge is 0.326 e. The summed E-state index contributed by atoms with van der Waals surface area (Å²) in [6.45, 7) is 5.36. The van der Waals surface area contributed by atoms with Crippen LogP contribution >= 0.6 is 0 Å². The summed E-state index contributed by atoms with van der Waals surface area (Å²) in [7, 11) is 1.86. The molecule has 5 nitrogen and oxygen atoms in total. The second-order valence-electron chi connectivity index (χ2n) is 6.28. The van der Waals surface area contributed by atoms with Gasteiger partial charge in [0.25, 0.3) is 5.91 Å². The number of para-hydroxylation sites is 1. The first-order valence-electron chi connectivity index (χ1n) is 6.79. The third kappa shape index (κ3) is 2.91. The highest BCUT2D eigenvalue weighted by molar-refractivity contribution is 6.07. The zero-order chi connectivity index (χ0) is 15.8. The van der Waals surface area contributed by atoms with Gasteiger partial charge in [-0.3, -0.25) is 4.79 Å². The van der Waals surface area contributed by atoms with E-state index in [1.807, 2.05) is 35.9 Å². The molecular formula is C16H20N2O3. The number of nitrogens with one attached hydrogen (secondary N) is 1. The van der Waals surface area contributed by atoms with Crippen LogP contribution < -0.4 is 5.32 Å². The number of hydrogen-bond acceptors (Lipinski definition) is 2. The Morgan fingerprint density at radius 2 is 1.86 bits per heavy atom. The number of aliphatic carboxylic acids is 1. The quantitative estimate of drug-likeness (QED) is 0.911. The number of aromatic nitrogens is 1. The van der Waals surface area contributed by atoms with Crippen LogP contribution in [0.1, 0.15) is 31.1 Å². The van der Waals surface area contributed by atoms with E-state index in [4.69, 9.17) is 0 Å². The van der Waals surface area contributed by atoms with Crippen LogP contribution in [0.2, 0.25) is 0 Å². The molecule has 0 bridgehead atoms. The van der Waals surface area contributed by atoms with Crippen LogP contribution in [0.5, 0.6) is 0 Å². The lowest BCUT2D eigenvalue weighted by atomic mass is 9.86. The highest BCUT2D eigenvalue weighted by Gasteiger charge is 2.33. The van der Waals surface area contributed by atoms with E-state index in [0.717, 1.165) is 10.9 Å². The fourth-order valence-electron chi connectivity index (χ4n) is 2.38. The van der Waals surface area contributed by atoms with E-state index in [0.29, 0.717) is 5.56 Å². The minimum atomic E-state index is -1.03. The van der Waals surface area contributed by atoms with Crippen molar-refractivity contribution in [3.8, 4) is 0 Å². The van der Waals surface area contributed by atoms with Crippen LogP contribution in [0.25, 0.3) is 10.9 Å². The van der Waals surface area contributed by atoms with Gasteiger partial charge in [-0.2, -0.15) is 0 Å². The Labute approximate surface area is 123 Å². The molecule has 0 aliphatic carbocycles. The highest BCUT2D eigenvalue weighted by Crippen LogP contribution is 2.23. The molecule has 5 heteroatoms. The van der Waals surface area contributed by atoms with E-state index < -0.39 is 17.4 Å². The third-order valence-corrected chi connectivity index (χ3v) is 3.53. The highest BCUT2D eigenvalue weighted by atomic mass is 16.4. The standard InChI is InChI=1S/C16H20N2O3/c1-16(2,3)13(15(20)21)17-14(19)11-9-18(4)12-8-6-5-7-10(11)12/h5-9,13H,1-4H3,(H,17,19)(H,20,21)/t13-/m1/s1. The second-order valence-corrected chi connectivity index (χ2v) is 6.28. The third-order valence-electron chi connectivity index (χ3n) is 3.53. The number of fused-ring (bicyclic) bond motifs is 1. The Kier molecular flexibility index (Phi) is 3.77. The first-order valence-corrected chi connectivity index (χ1v) is 6.79. The molecule has 2 rings (SSSR count). The van der Waals surface area contributed by atoms with E-state index >= 15 is 0 Å². The van der Waals surface area contributed by atoms with Gasteiger partial charge in [0.2, 0.25) is 0 Å². The molecule has 0 spiro atoms. The topological polar surface area (TPSA) is 71.3 Å². The van der Waals surface area contributed by atoms with Crippen molar-refractivity contribution in [2.45, 2.75) is 26.8 Å². The zero-order valence-corrected chi connectivity index (χ0v) is 12.7. The molecular weight excluding hydrogens is 268 g/mol. The summed E-state index contributed by atoms with van der Waals surface area (Å²) < 4.78 is 1.86. The van der Waals surface area contributed by atoms with E-state index in [-0.39, 0.29) is 5.91 Å².